The Morgan fingerprint density at radius 1 is 1.00 bits per heavy atom. The van der Waals surface area contributed by atoms with Gasteiger partial charge >= 0.3 is 0 Å². The van der Waals surface area contributed by atoms with Gasteiger partial charge in [0.15, 0.2) is 0 Å². The molecule has 3 N–H and O–H groups in total. The van der Waals surface area contributed by atoms with Gasteiger partial charge in [0.05, 0.1) is 0 Å². The Labute approximate surface area is 131 Å². The maximum Gasteiger partial charge on any atom is 0.0314 e. The van der Waals surface area contributed by atoms with Gasteiger partial charge in [0.25, 0.3) is 0 Å². The van der Waals surface area contributed by atoms with Crippen molar-refractivity contribution in [3.05, 3.63) is 29.8 Å². The summed E-state index contributed by atoms with van der Waals surface area (Å²) in [5, 5.41) is 3.61. The Kier molecular flexibility index (Phi) is 7.81. The minimum atomic E-state index is 0.158. The zero-order chi connectivity index (χ0) is 15.7. The standard InChI is InChI=1S/C19H34N2/c1-16(2)9-7-5-6-8-14-21-15-19(3,4)17-10-12-18(20)13-11-17/h10-13,16,21H,5-9,14-15,20H2,1-4H3. The lowest BCUT2D eigenvalue weighted by Crippen LogP contribution is -2.33. The molecular weight excluding hydrogens is 256 g/mol. The summed E-state index contributed by atoms with van der Waals surface area (Å²) < 4.78 is 0. The van der Waals surface area contributed by atoms with E-state index in [1.165, 1.54) is 37.7 Å². The molecule has 2 nitrogen and oxygen atoms in total. The van der Waals surface area contributed by atoms with Gasteiger partial charge in [0.1, 0.15) is 0 Å². The van der Waals surface area contributed by atoms with Crippen molar-refractivity contribution in [1.29, 1.82) is 0 Å². The smallest absolute Gasteiger partial charge is 0.0314 e. The molecule has 0 aromatic heterocycles. The number of anilines is 1. The molecule has 1 rings (SSSR count). The van der Waals surface area contributed by atoms with Gasteiger partial charge in [-0.05, 0) is 36.6 Å². The highest BCUT2D eigenvalue weighted by Gasteiger charge is 2.19. The minimum Gasteiger partial charge on any atom is -0.399 e. The Bertz CT molecular complexity index is 379. The van der Waals surface area contributed by atoms with Gasteiger partial charge in [-0.1, -0.05) is 65.5 Å². The third-order valence-corrected chi connectivity index (χ3v) is 4.14. The number of hydrogen-bond donors (Lipinski definition) is 2. The fourth-order valence-electron chi connectivity index (χ4n) is 2.59. The fourth-order valence-corrected chi connectivity index (χ4v) is 2.59. The van der Waals surface area contributed by atoms with Crippen LogP contribution in [-0.2, 0) is 5.41 Å². The van der Waals surface area contributed by atoms with E-state index in [2.05, 4.69) is 45.1 Å². The van der Waals surface area contributed by atoms with Crippen molar-refractivity contribution in [3.8, 4) is 0 Å². The van der Waals surface area contributed by atoms with Gasteiger partial charge in [-0.25, -0.2) is 0 Å². The molecule has 1 aromatic carbocycles. The fraction of sp³-hybridized carbons (Fsp3) is 0.684. The zero-order valence-corrected chi connectivity index (χ0v) is 14.4. The van der Waals surface area contributed by atoms with E-state index in [-0.39, 0.29) is 5.41 Å². The monoisotopic (exact) mass is 290 g/mol. The van der Waals surface area contributed by atoms with Crippen LogP contribution in [0, 0.1) is 5.92 Å². The minimum absolute atomic E-state index is 0.158. The first-order valence-corrected chi connectivity index (χ1v) is 8.48. The summed E-state index contributed by atoms with van der Waals surface area (Å²) in [6.45, 7) is 11.3. The van der Waals surface area contributed by atoms with E-state index in [0.29, 0.717) is 0 Å². The summed E-state index contributed by atoms with van der Waals surface area (Å²) in [4.78, 5) is 0. The van der Waals surface area contributed by atoms with Crippen LogP contribution < -0.4 is 11.1 Å². The van der Waals surface area contributed by atoms with Crippen LogP contribution in [0.15, 0.2) is 24.3 Å². The van der Waals surface area contributed by atoms with Crippen molar-refractivity contribution in [1.82, 2.24) is 5.32 Å². The van der Waals surface area contributed by atoms with E-state index in [9.17, 15) is 0 Å². The summed E-state index contributed by atoms with van der Waals surface area (Å²) in [7, 11) is 0. The average Bonchev–Trinajstić information content (AvgIpc) is 2.42. The average molecular weight is 290 g/mol. The third-order valence-electron chi connectivity index (χ3n) is 4.14. The van der Waals surface area contributed by atoms with Gasteiger partial charge in [0.2, 0.25) is 0 Å². The zero-order valence-electron chi connectivity index (χ0n) is 14.4. The van der Waals surface area contributed by atoms with E-state index >= 15 is 0 Å². The van der Waals surface area contributed by atoms with Gasteiger partial charge < -0.3 is 11.1 Å². The topological polar surface area (TPSA) is 38.0 Å². The molecule has 0 unspecified atom stereocenters. The molecule has 120 valence electrons. The normalized spacial score (nSPS) is 12.0. The van der Waals surface area contributed by atoms with Crippen LogP contribution in [0.3, 0.4) is 0 Å². The number of rotatable bonds is 10. The first-order chi connectivity index (χ1) is 9.92. The van der Waals surface area contributed by atoms with Crippen molar-refractivity contribution < 1.29 is 0 Å². The summed E-state index contributed by atoms with van der Waals surface area (Å²) in [6.07, 6.45) is 6.77. The second-order valence-corrected chi connectivity index (χ2v) is 7.28. The van der Waals surface area contributed by atoms with Crippen molar-refractivity contribution in [3.63, 3.8) is 0 Å². The maximum atomic E-state index is 5.75. The molecule has 1 aromatic rings. The van der Waals surface area contributed by atoms with Crippen LogP contribution >= 0.6 is 0 Å². The lowest BCUT2D eigenvalue weighted by molar-refractivity contribution is 0.456. The summed E-state index contributed by atoms with van der Waals surface area (Å²) in [5.41, 5.74) is 8.10. The number of nitrogens with one attached hydrogen (secondary N) is 1. The van der Waals surface area contributed by atoms with E-state index in [1.807, 2.05) is 12.1 Å². The number of nitrogen functional groups attached to an aromatic ring is 1. The second kappa shape index (κ2) is 9.09. The van der Waals surface area contributed by atoms with Crippen LogP contribution in [0.4, 0.5) is 5.69 Å². The van der Waals surface area contributed by atoms with Gasteiger partial charge in [0, 0.05) is 17.6 Å². The van der Waals surface area contributed by atoms with Crippen molar-refractivity contribution in [2.24, 2.45) is 5.92 Å². The molecule has 0 aliphatic rings. The summed E-state index contributed by atoms with van der Waals surface area (Å²) >= 11 is 0. The largest absolute Gasteiger partial charge is 0.399 e. The molecular formula is C19H34N2. The molecule has 0 aliphatic carbocycles. The lowest BCUT2D eigenvalue weighted by Gasteiger charge is -2.26. The van der Waals surface area contributed by atoms with E-state index < -0.39 is 0 Å². The molecule has 0 fully saturated rings. The molecule has 0 radical (unpaired) electrons. The Morgan fingerprint density at radius 3 is 2.24 bits per heavy atom. The molecule has 0 saturated carbocycles. The first-order valence-electron chi connectivity index (χ1n) is 8.48. The number of unbranched alkanes of at least 4 members (excludes halogenated alkanes) is 3. The summed E-state index contributed by atoms with van der Waals surface area (Å²) in [6, 6.07) is 8.27. The first kappa shape index (κ1) is 18.0. The maximum absolute atomic E-state index is 5.75. The predicted octanol–water partition coefficient (Wildman–Crippen LogP) is 4.74. The molecule has 0 heterocycles. The van der Waals surface area contributed by atoms with Crippen LogP contribution in [0.25, 0.3) is 0 Å². The highest BCUT2D eigenvalue weighted by Crippen LogP contribution is 2.23. The molecule has 0 bridgehead atoms. The second-order valence-electron chi connectivity index (χ2n) is 7.28. The van der Waals surface area contributed by atoms with Crippen molar-refractivity contribution in [2.75, 3.05) is 18.8 Å². The Balaban J connectivity index is 2.15. The molecule has 0 aliphatic heterocycles. The molecule has 0 spiro atoms. The third kappa shape index (κ3) is 7.52. The predicted molar refractivity (Wildman–Crippen MR) is 94.7 cm³/mol. The highest BCUT2D eigenvalue weighted by atomic mass is 14.9. The molecule has 0 amide bonds. The van der Waals surface area contributed by atoms with Gasteiger partial charge in [-0.3, -0.25) is 0 Å². The number of benzene rings is 1. The van der Waals surface area contributed by atoms with Crippen molar-refractivity contribution in [2.45, 2.75) is 65.2 Å². The van der Waals surface area contributed by atoms with Crippen LogP contribution in [-0.4, -0.2) is 13.1 Å². The lowest BCUT2D eigenvalue weighted by atomic mass is 9.84. The van der Waals surface area contributed by atoms with Crippen LogP contribution in [0.1, 0.15) is 65.4 Å². The number of nitrogens with two attached hydrogens (primary N) is 1. The quantitative estimate of drug-likeness (QED) is 0.482. The molecule has 0 atom stereocenters. The van der Waals surface area contributed by atoms with Crippen molar-refractivity contribution >= 4 is 5.69 Å². The van der Waals surface area contributed by atoms with E-state index in [0.717, 1.165) is 24.7 Å². The van der Waals surface area contributed by atoms with Gasteiger partial charge in [-0.15, -0.1) is 0 Å². The van der Waals surface area contributed by atoms with Crippen LogP contribution in [0.5, 0.6) is 0 Å². The Morgan fingerprint density at radius 2 is 1.62 bits per heavy atom. The van der Waals surface area contributed by atoms with Crippen LogP contribution in [0.2, 0.25) is 0 Å². The van der Waals surface area contributed by atoms with Gasteiger partial charge in [-0.2, -0.15) is 0 Å². The molecule has 21 heavy (non-hydrogen) atoms. The van der Waals surface area contributed by atoms with E-state index in [1.54, 1.807) is 0 Å². The molecule has 0 saturated heterocycles. The van der Waals surface area contributed by atoms with E-state index in [4.69, 9.17) is 5.73 Å². The Hall–Kier alpha value is -1.02. The SMILES string of the molecule is CC(C)CCCCCCNCC(C)(C)c1ccc(N)cc1. The molecule has 2 heteroatoms. The summed E-state index contributed by atoms with van der Waals surface area (Å²) in [5.74, 6) is 0.851. The highest BCUT2D eigenvalue weighted by molar-refractivity contribution is 5.41. The number of hydrogen-bond acceptors (Lipinski definition) is 2.